The van der Waals surface area contributed by atoms with Crippen molar-refractivity contribution in [1.82, 2.24) is 0 Å². The molecule has 0 aliphatic rings. The molecule has 0 heterocycles. The van der Waals surface area contributed by atoms with E-state index >= 15 is 0 Å². The van der Waals surface area contributed by atoms with Gasteiger partial charge in [-0.25, -0.2) is 0 Å². The lowest BCUT2D eigenvalue weighted by molar-refractivity contribution is 0.218. The van der Waals surface area contributed by atoms with Crippen molar-refractivity contribution in [3.8, 4) is 11.5 Å². The highest BCUT2D eigenvalue weighted by molar-refractivity contribution is 5.53. The number of nitrogen functional groups attached to an aromatic ring is 1. The van der Waals surface area contributed by atoms with Gasteiger partial charge in [0.1, 0.15) is 24.7 Å². The Balaban J connectivity index is 1.80. The molecule has 2 aromatic rings. The predicted molar refractivity (Wildman–Crippen MR) is 77.8 cm³/mol. The van der Waals surface area contributed by atoms with Crippen LogP contribution < -0.4 is 15.2 Å². The van der Waals surface area contributed by atoms with Crippen LogP contribution in [0.4, 0.5) is 5.69 Å². The molecule has 0 saturated heterocycles. The maximum absolute atomic E-state index is 5.83. The van der Waals surface area contributed by atoms with Crippen molar-refractivity contribution in [2.45, 2.75) is 13.8 Å². The molecule has 0 aliphatic carbocycles. The lowest BCUT2D eigenvalue weighted by Gasteiger charge is -2.10. The van der Waals surface area contributed by atoms with E-state index in [0.717, 1.165) is 11.3 Å². The zero-order valence-electron chi connectivity index (χ0n) is 11.3. The van der Waals surface area contributed by atoms with Crippen LogP contribution in [0.25, 0.3) is 0 Å². The molecule has 3 heteroatoms. The number of hydrogen-bond acceptors (Lipinski definition) is 3. The number of ether oxygens (including phenoxy) is 2. The molecule has 0 saturated carbocycles. The van der Waals surface area contributed by atoms with Gasteiger partial charge in [0, 0.05) is 0 Å². The normalized spacial score (nSPS) is 10.2. The maximum Gasteiger partial charge on any atom is 0.142 e. The van der Waals surface area contributed by atoms with Crippen LogP contribution in [-0.2, 0) is 0 Å². The van der Waals surface area contributed by atoms with Gasteiger partial charge in [0.25, 0.3) is 0 Å². The fraction of sp³-hybridized carbons (Fsp3) is 0.250. The summed E-state index contributed by atoms with van der Waals surface area (Å²) in [7, 11) is 0. The van der Waals surface area contributed by atoms with Crippen molar-refractivity contribution < 1.29 is 9.47 Å². The predicted octanol–water partition coefficient (Wildman–Crippen LogP) is 3.34. The Morgan fingerprint density at radius 3 is 2.21 bits per heavy atom. The van der Waals surface area contributed by atoms with Crippen LogP contribution in [-0.4, -0.2) is 13.2 Å². The number of benzene rings is 2. The van der Waals surface area contributed by atoms with Crippen LogP contribution in [0.1, 0.15) is 11.1 Å². The average molecular weight is 257 g/mol. The molecule has 19 heavy (non-hydrogen) atoms. The zero-order chi connectivity index (χ0) is 13.7. The highest BCUT2D eigenvalue weighted by atomic mass is 16.5. The minimum atomic E-state index is 0.474. The first-order chi connectivity index (χ1) is 9.15. The van der Waals surface area contributed by atoms with E-state index in [9.17, 15) is 0 Å². The minimum absolute atomic E-state index is 0.474. The number of nitrogens with two attached hydrogens (primary N) is 1. The van der Waals surface area contributed by atoms with Crippen molar-refractivity contribution in [1.29, 1.82) is 0 Å². The van der Waals surface area contributed by atoms with E-state index in [4.69, 9.17) is 15.2 Å². The highest BCUT2D eigenvalue weighted by Crippen LogP contribution is 2.22. The van der Waals surface area contributed by atoms with Gasteiger partial charge in [0.2, 0.25) is 0 Å². The van der Waals surface area contributed by atoms with E-state index < -0.39 is 0 Å². The molecule has 2 N–H and O–H groups in total. The second-order valence-corrected chi connectivity index (χ2v) is 4.55. The van der Waals surface area contributed by atoms with E-state index in [0.29, 0.717) is 24.7 Å². The van der Waals surface area contributed by atoms with E-state index in [2.05, 4.69) is 0 Å². The standard InChI is InChI=1S/C16H19NO2/c1-12-3-6-14(7-4-12)18-9-10-19-16-11-13(2)5-8-15(16)17/h3-8,11H,9-10,17H2,1-2H3. The Hall–Kier alpha value is -2.16. The van der Waals surface area contributed by atoms with Crippen molar-refractivity contribution in [3.05, 3.63) is 53.6 Å². The number of hydrogen-bond donors (Lipinski definition) is 1. The second kappa shape index (κ2) is 6.14. The van der Waals surface area contributed by atoms with Crippen molar-refractivity contribution in [3.63, 3.8) is 0 Å². The Bertz CT molecular complexity index is 535. The summed E-state index contributed by atoms with van der Waals surface area (Å²) in [6.45, 7) is 5.03. The Kier molecular flexibility index (Phi) is 4.29. The van der Waals surface area contributed by atoms with Crippen LogP contribution in [0.15, 0.2) is 42.5 Å². The largest absolute Gasteiger partial charge is 0.490 e. The third kappa shape index (κ3) is 3.91. The van der Waals surface area contributed by atoms with Gasteiger partial charge in [-0.3, -0.25) is 0 Å². The van der Waals surface area contributed by atoms with Gasteiger partial charge >= 0.3 is 0 Å². The molecule has 0 spiro atoms. The molecule has 0 aromatic heterocycles. The van der Waals surface area contributed by atoms with Crippen LogP contribution in [0.5, 0.6) is 11.5 Å². The Morgan fingerprint density at radius 2 is 1.47 bits per heavy atom. The first-order valence-corrected chi connectivity index (χ1v) is 6.33. The molecule has 0 radical (unpaired) electrons. The summed E-state index contributed by atoms with van der Waals surface area (Å²) in [5.74, 6) is 1.57. The van der Waals surface area contributed by atoms with Crippen LogP contribution >= 0.6 is 0 Å². The second-order valence-electron chi connectivity index (χ2n) is 4.55. The molecule has 3 nitrogen and oxygen atoms in total. The van der Waals surface area contributed by atoms with Crippen LogP contribution in [0.2, 0.25) is 0 Å². The summed E-state index contributed by atoms with van der Waals surface area (Å²) in [5.41, 5.74) is 8.83. The number of anilines is 1. The molecular formula is C16H19NO2. The average Bonchev–Trinajstić information content (AvgIpc) is 2.40. The monoisotopic (exact) mass is 257 g/mol. The molecule has 0 unspecified atom stereocenters. The van der Waals surface area contributed by atoms with E-state index in [-0.39, 0.29) is 0 Å². The molecule has 0 bridgehead atoms. The molecule has 100 valence electrons. The van der Waals surface area contributed by atoms with Gasteiger partial charge in [-0.05, 0) is 43.7 Å². The summed E-state index contributed by atoms with van der Waals surface area (Å²) in [5, 5.41) is 0. The van der Waals surface area contributed by atoms with Crippen molar-refractivity contribution in [2.24, 2.45) is 0 Å². The molecule has 2 aromatic carbocycles. The molecular weight excluding hydrogens is 238 g/mol. The quantitative estimate of drug-likeness (QED) is 0.660. The third-order valence-corrected chi connectivity index (χ3v) is 2.80. The fourth-order valence-electron chi connectivity index (χ4n) is 1.71. The van der Waals surface area contributed by atoms with Gasteiger partial charge in [-0.1, -0.05) is 23.8 Å². The summed E-state index contributed by atoms with van der Waals surface area (Å²) in [6.07, 6.45) is 0. The van der Waals surface area contributed by atoms with Gasteiger partial charge in [-0.15, -0.1) is 0 Å². The van der Waals surface area contributed by atoms with Gasteiger partial charge in [0.15, 0.2) is 0 Å². The topological polar surface area (TPSA) is 44.5 Å². The SMILES string of the molecule is Cc1ccc(OCCOc2cc(C)ccc2N)cc1. The van der Waals surface area contributed by atoms with E-state index in [1.54, 1.807) is 0 Å². The summed E-state index contributed by atoms with van der Waals surface area (Å²) < 4.78 is 11.2. The summed E-state index contributed by atoms with van der Waals surface area (Å²) >= 11 is 0. The third-order valence-electron chi connectivity index (χ3n) is 2.80. The van der Waals surface area contributed by atoms with E-state index in [1.807, 2.05) is 56.3 Å². The summed E-state index contributed by atoms with van der Waals surface area (Å²) in [6, 6.07) is 13.7. The maximum atomic E-state index is 5.83. The van der Waals surface area contributed by atoms with Crippen LogP contribution in [0.3, 0.4) is 0 Å². The Morgan fingerprint density at radius 1 is 0.842 bits per heavy atom. The van der Waals surface area contributed by atoms with Crippen molar-refractivity contribution >= 4 is 5.69 Å². The first kappa shape index (κ1) is 13.3. The zero-order valence-corrected chi connectivity index (χ0v) is 11.3. The lowest BCUT2D eigenvalue weighted by Crippen LogP contribution is -2.10. The molecule has 0 aliphatic heterocycles. The van der Waals surface area contributed by atoms with Gasteiger partial charge in [0.05, 0.1) is 5.69 Å². The van der Waals surface area contributed by atoms with E-state index in [1.165, 1.54) is 5.56 Å². The molecule has 2 rings (SSSR count). The summed E-state index contributed by atoms with van der Waals surface area (Å²) in [4.78, 5) is 0. The lowest BCUT2D eigenvalue weighted by atomic mass is 10.2. The van der Waals surface area contributed by atoms with Crippen molar-refractivity contribution in [2.75, 3.05) is 18.9 Å². The molecule has 0 atom stereocenters. The fourth-order valence-corrected chi connectivity index (χ4v) is 1.71. The first-order valence-electron chi connectivity index (χ1n) is 6.33. The molecule has 0 fully saturated rings. The van der Waals surface area contributed by atoms with Gasteiger partial charge < -0.3 is 15.2 Å². The Labute approximate surface area is 114 Å². The van der Waals surface area contributed by atoms with Crippen LogP contribution in [0, 0.1) is 13.8 Å². The number of aryl methyl sites for hydroxylation is 2. The smallest absolute Gasteiger partial charge is 0.142 e. The van der Waals surface area contributed by atoms with Gasteiger partial charge in [-0.2, -0.15) is 0 Å². The highest BCUT2D eigenvalue weighted by Gasteiger charge is 2.00. The number of rotatable bonds is 5. The minimum Gasteiger partial charge on any atom is -0.490 e. The molecule has 0 amide bonds.